The average Bonchev–Trinajstić information content (AvgIpc) is 3.19. The summed E-state index contributed by atoms with van der Waals surface area (Å²) in [6.07, 6.45) is -1.04. The molecule has 1 aromatic carbocycles. The largest absolute Gasteiger partial charge is 0.488 e. The molecule has 1 atom stereocenters. The molecule has 1 fully saturated rings. The van der Waals surface area contributed by atoms with E-state index < -0.39 is 18.2 Å². The lowest BCUT2D eigenvalue weighted by molar-refractivity contribution is -0.136. The number of carbonyl (C=O) groups is 2. The van der Waals surface area contributed by atoms with Crippen LogP contribution in [-0.2, 0) is 16.0 Å². The molecule has 1 unspecified atom stereocenters. The van der Waals surface area contributed by atoms with Gasteiger partial charge in [-0.25, -0.2) is 4.79 Å². The lowest BCUT2D eigenvalue weighted by Gasteiger charge is -2.13. The van der Waals surface area contributed by atoms with Gasteiger partial charge in [0.05, 0.1) is 29.5 Å². The molecule has 0 saturated carbocycles. The molecule has 0 spiro atoms. The van der Waals surface area contributed by atoms with Crippen LogP contribution in [0.5, 0.6) is 5.75 Å². The van der Waals surface area contributed by atoms with Gasteiger partial charge in [0.15, 0.2) is 6.10 Å². The van der Waals surface area contributed by atoms with Crippen LogP contribution in [0.1, 0.15) is 10.4 Å². The van der Waals surface area contributed by atoms with Gasteiger partial charge in [-0.05, 0) is 35.7 Å². The molecule has 1 amide bonds. The molecule has 1 aliphatic heterocycles. The Bertz CT molecular complexity index is 824. The molecule has 2 heterocycles. The standard InChI is InChI=1S/C17H14N2O5S/c18-8-11-1-3-12(4-2-11)19-9-13(24-17(19)22)10-23-14-5-6-25-15(14)7-16(20)21/h1-6,13H,7,9-10H2,(H,20,21). The fourth-order valence-corrected chi connectivity index (χ4v) is 3.25. The van der Waals surface area contributed by atoms with Crippen molar-refractivity contribution in [3.05, 3.63) is 46.2 Å². The first kappa shape index (κ1) is 16.8. The number of benzene rings is 1. The van der Waals surface area contributed by atoms with Crippen molar-refractivity contribution >= 4 is 29.1 Å². The summed E-state index contributed by atoms with van der Waals surface area (Å²) in [4.78, 5) is 24.9. The van der Waals surface area contributed by atoms with E-state index in [0.29, 0.717) is 28.4 Å². The number of ether oxygens (including phenoxy) is 2. The first-order chi connectivity index (χ1) is 12.1. The lowest BCUT2D eigenvalue weighted by atomic mass is 10.2. The molecule has 25 heavy (non-hydrogen) atoms. The van der Waals surface area contributed by atoms with Gasteiger partial charge in [-0.2, -0.15) is 5.26 Å². The maximum atomic E-state index is 12.0. The van der Waals surface area contributed by atoms with Gasteiger partial charge in [0.1, 0.15) is 12.4 Å². The first-order valence-electron chi connectivity index (χ1n) is 7.46. The second-order valence-electron chi connectivity index (χ2n) is 5.36. The number of hydrogen-bond donors (Lipinski definition) is 1. The molecular formula is C17H14N2O5S. The Balaban J connectivity index is 1.60. The van der Waals surface area contributed by atoms with Crippen molar-refractivity contribution in [2.45, 2.75) is 12.5 Å². The van der Waals surface area contributed by atoms with E-state index in [2.05, 4.69) is 0 Å². The average molecular weight is 358 g/mol. The summed E-state index contributed by atoms with van der Waals surface area (Å²) < 4.78 is 10.9. The van der Waals surface area contributed by atoms with Gasteiger partial charge in [-0.15, -0.1) is 11.3 Å². The van der Waals surface area contributed by atoms with Crippen LogP contribution in [0.15, 0.2) is 35.7 Å². The maximum absolute atomic E-state index is 12.0. The van der Waals surface area contributed by atoms with Crippen LogP contribution >= 0.6 is 11.3 Å². The summed E-state index contributed by atoms with van der Waals surface area (Å²) in [6, 6.07) is 10.4. The predicted octanol–water partition coefficient (Wildman–Crippen LogP) is 2.65. The van der Waals surface area contributed by atoms with Crippen molar-refractivity contribution in [1.29, 1.82) is 5.26 Å². The maximum Gasteiger partial charge on any atom is 0.414 e. The van der Waals surface area contributed by atoms with Gasteiger partial charge >= 0.3 is 12.1 Å². The molecule has 0 radical (unpaired) electrons. The molecule has 128 valence electrons. The van der Waals surface area contributed by atoms with E-state index in [0.717, 1.165) is 0 Å². The summed E-state index contributed by atoms with van der Waals surface area (Å²) in [7, 11) is 0. The number of cyclic esters (lactones) is 1. The number of anilines is 1. The van der Waals surface area contributed by atoms with Gasteiger partial charge < -0.3 is 14.6 Å². The minimum Gasteiger partial charge on any atom is -0.488 e. The zero-order chi connectivity index (χ0) is 17.8. The molecule has 0 aliphatic carbocycles. The molecule has 8 heteroatoms. The second kappa shape index (κ2) is 7.23. The van der Waals surface area contributed by atoms with E-state index in [1.54, 1.807) is 35.7 Å². The van der Waals surface area contributed by atoms with Crippen molar-refractivity contribution in [3.8, 4) is 11.8 Å². The Morgan fingerprint density at radius 1 is 1.40 bits per heavy atom. The molecule has 2 aromatic rings. The number of hydrogen-bond acceptors (Lipinski definition) is 6. The highest BCUT2D eigenvalue weighted by molar-refractivity contribution is 7.10. The number of nitrogens with zero attached hydrogens (tertiary/aromatic N) is 2. The number of thiophene rings is 1. The highest BCUT2D eigenvalue weighted by atomic mass is 32.1. The molecule has 1 saturated heterocycles. The summed E-state index contributed by atoms with van der Waals surface area (Å²) in [6.45, 7) is 0.463. The van der Waals surface area contributed by atoms with E-state index >= 15 is 0 Å². The van der Waals surface area contributed by atoms with E-state index in [1.807, 2.05) is 6.07 Å². The monoisotopic (exact) mass is 358 g/mol. The number of carboxylic acids is 1. The van der Waals surface area contributed by atoms with Gasteiger partial charge in [0, 0.05) is 5.69 Å². The number of aliphatic carboxylic acids is 1. The van der Waals surface area contributed by atoms with E-state index in [4.69, 9.17) is 19.8 Å². The number of nitriles is 1. The molecular weight excluding hydrogens is 344 g/mol. The molecule has 3 rings (SSSR count). The highest BCUT2D eigenvalue weighted by Crippen LogP contribution is 2.27. The zero-order valence-electron chi connectivity index (χ0n) is 13.0. The third-order valence-corrected chi connectivity index (χ3v) is 4.53. The van der Waals surface area contributed by atoms with Crippen molar-refractivity contribution in [1.82, 2.24) is 0 Å². The number of carbonyl (C=O) groups excluding carboxylic acids is 1. The summed E-state index contributed by atoms with van der Waals surface area (Å²) in [5.41, 5.74) is 1.16. The number of rotatable bonds is 6. The summed E-state index contributed by atoms with van der Waals surface area (Å²) in [5.74, 6) is -0.424. The predicted molar refractivity (Wildman–Crippen MR) is 89.9 cm³/mol. The Hall–Kier alpha value is -3.05. The molecule has 1 aliphatic rings. The van der Waals surface area contributed by atoms with Crippen LogP contribution in [0.4, 0.5) is 10.5 Å². The zero-order valence-corrected chi connectivity index (χ0v) is 13.9. The smallest absolute Gasteiger partial charge is 0.414 e. The van der Waals surface area contributed by atoms with Crippen molar-refractivity contribution in [2.75, 3.05) is 18.1 Å². The van der Waals surface area contributed by atoms with Crippen molar-refractivity contribution in [3.63, 3.8) is 0 Å². The van der Waals surface area contributed by atoms with Crippen LogP contribution in [0.25, 0.3) is 0 Å². The fraction of sp³-hybridized carbons (Fsp3) is 0.235. The van der Waals surface area contributed by atoms with E-state index in [9.17, 15) is 9.59 Å². The minimum absolute atomic E-state index is 0.102. The lowest BCUT2D eigenvalue weighted by Crippen LogP contribution is -2.26. The van der Waals surface area contributed by atoms with E-state index in [-0.39, 0.29) is 13.0 Å². The Kier molecular flexibility index (Phi) is 4.86. The highest BCUT2D eigenvalue weighted by Gasteiger charge is 2.33. The Morgan fingerprint density at radius 2 is 2.16 bits per heavy atom. The molecule has 1 N–H and O–H groups in total. The van der Waals surface area contributed by atoms with E-state index in [1.165, 1.54) is 16.2 Å². The minimum atomic E-state index is -0.924. The van der Waals surface area contributed by atoms with Gasteiger partial charge in [-0.3, -0.25) is 9.69 Å². The number of amides is 1. The van der Waals surface area contributed by atoms with Crippen LogP contribution in [0.2, 0.25) is 0 Å². The summed E-state index contributed by atoms with van der Waals surface area (Å²) in [5, 5.41) is 19.5. The normalized spacial score (nSPS) is 16.4. The molecule has 0 bridgehead atoms. The number of carboxylic acid groups (broad SMARTS) is 1. The molecule has 1 aromatic heterocycles. The van der Waals surface area contributed by atoms with Crippen LogP contribution < -0.4 is 9.64 Å². The summed E-state index contributed by atoms with van der Waals surface area (Å²) >= 11 is 1.31. The van der Waals surface area contributed by atoms with Crippen LogP contribution in [-0.4, -0.2) is 36.4 Å². The first-order valence-corrected chi connectivity index (χ1v) is 8.34. The van der Waals surface area contributed by atoms with Crippen LogP contribution in [0, 0.1) is 11.3 Å². The second-order valence-corrected chi connectivity index (χ2v) is 6.37. The van der Waals surface area contributed by atoms with Gasteiger partial charge in [0.2, 0.25) is 0 Å². The van der Waals surface area contributed by atoms with Gasteiger partial charge in [-0.1, -0.05) is 0 Å². The third-order valence-electron chi connectivity index (χ3n) is 3.62. The van der Waals surface area contributed by atoms with Crippen molar-refractivity contribution in [2.24, 2.45) is 0 Å². The molecule has 7 nitrogen and oxygen atoms in total. The van der Waals surface area contributed by atoms with Crippen LogP contribution in [0.3, 0.4) is 0 Å². The Labute approximate surface area is 147 Å². The fourth-order valence-electron chi connectivity index (χ4n) is 2.44. The van der Waals surface area contributed by atoms with Gasteiger partial charge in [0.25, 0.3) is 0 Å². The SMILES string of the molecule is N#Cc1ccc(N2CC(COc3ccsc3CC(=O)O)OC2=O)cc1. The van der Waals surface area contributed by atoms with Crippen molar-refractivity contribution < 1.29 is 24.2 Å². The third kappa shape index (κ3) is 3.89. The topological polar surface area (TPSA) is 99.9 Å². The Morgan fingerprint density at radius 3 is 2.84 bits per heavy atom. The quantitative estimate of drug-likeness (QED) is 0.852.